The number of aryl methyl sites for hydroxylation is 1. The first kappa shape index (κ1) is 15.6. The maximum Gasteiger partial charge on any atom is 0.248 e. The van der Waals surface area contributed by atoms with Crippen molar-refractivity contribution in [3.05, 3.63) is 29.8 Å². The van der Waals surface area contributed by atoms with Crippen LogP contribution in [0.3, 0.4) is 0 Å². The lowest BCUT2D eigenvalue weighted by Crippen LogP contribution is -2.41. The Morgan fingerprint density at radius 1 is 1.39 bits per heavy atom. The molecule has 3 heterocycles. The van der Waals surface area contributed by atoms with Crippen LogP contribution in [0.4, 0.5) is 0 Å². The van der Waals surface area contributed by atoms with Crippen LogP contribution in [-0.2, 0) is 9.53 Å². The van der Waals surface area contributed by atoms with Gasteiger partial charge in [-0.05, 0) is 25.8 Å². The molecule has 0 radical (unpaired) electrons. The van der Waals surface area contributed by atoms with Crippen molar-refractivity contribution in [2.24, 2.45) is 0 Å². The molecule has 1 unspecified atom stereocenters. The average molecular weight is 315 g/mol. The summed E-state index contributed by atoms with van der Waals surface area (Å²) in [5.41, 5.74) is 3.46. The number of likely N-dealkylation sites (tertiary alicyclic amines) is 1. The van der Waals surface area contributed by atoms with E-state index in [-0.39, 0.29) is 18.4 Å². The van der Waals surface area contributed by atoms with Crippen LogP contribution >= 0.6 is 0 Å². The highest BCUT2D eigenvalue weighted by atomic mass is 16.5. The molecule has 1 fully saturated rings. The number of amides is 1. The maximum absolute atomic E-state index is 12.0. The Kier molecular flexibility index (Phi) is 4.66. The Morgan fingerprint density at radius 2 is 2.26 bits per heavy atom. The zero-order chi connectivity index (χ0) is 16.2. The largest absolute Gasteiger partial charge is 0.375 e. The average Bonchev–Trinajstić information content (AvgIpc) is 3.02. The third-order valence-electron chi connectivity index (χ3n) is 4.10. The van der Waals surface area contributed by atoms with Crippen molar-refractivity contribution in [3.63, 3.8) is 0 Å². The predicted octanol–water partition coefficient (Wildman–Crippen LogP) is 1.53. The van der Waals surface area contributed by atoms with Crippen LogP contribution in [-0.4, -0.2) is 57.8 Å². The summed E-state index contributed by atoms with van der Waals surface area (Å²) in [6.45, 7) is 3.55. The molecule has 0 bridgehead atoms. The van der Waals surface area contributed by atoms with Crippen molar-refractivity contribution in [2.45, 2.75) is 25.7 Å². The Morgan fingerprint density at radius 3 is 2.91 bits per heavy atom. The van der Waals surface area contributed by atoms with E-state index in [1.165, 1.54) is 0 Å². The van der Waals surface area contributed by atoms with Crippen molar-refractivity contribution in [1.82, 2.24) is 25.1 Å². The summed E-state index contributed by atoms with van der Waals surface area (Å²) >= 11 is 0. The van der Waals surface area contributed by atoms with Crippen LogP contribution in [0.2, 0.25) is 0 Å². The molecule has 122 valence electrons. The van der Waals surface area contributed by atoms with E-state index in [2.05, 4.69) is 20.2 Å². The van der Waals surface area contributed by atoms with Gasteiger partial charge in [-0.2, -0.15) is 5.10 Å². The summed E-state index contributed by atoms with van der Waals surface area (Å²) < 4.78 is 4.94. The number of carbonyl (C=O) groups is 1. The van der Waals surface area contributed by atoms with E-state index in [1.54, 1.807) is 19.5 Å². The Balaban J connectivity index is 1.70. The number of methoxy groups -OCH3 is 1. The van der Waals surface area contributed by atoms with Crippen LogP contribution < -0.4 is 0 Å². The summed E-state index contributed by atoms with van der Waals surface area (Å²) in [7, 11) is 1.54. The van der Waals surface area contributed by atoms with E-state index in [1.807, 2.05) is 17.9 Å². The van der Waals surface area contributed by atoms with Gasteiger partial charge in [0.25, 0.3) is 0 Å². The van der Waals surface area contributed by atoms with Gasteiger partial charge in [0.15, 0.2) is 0 Å². The second-order valence-corrected chi connectivity index (χ2v) is 5.87. The number of hydrogen-bond acceptors (Lipinski definition) is 5. The van der Waals surface area contributed by atoms with Gasteiger partial charge in [-0.15, -0.1) is 0 Å². The van der Waals surface area contributed by atoms with Gasteiger partial charge < -0.3 is 9.64 Å². The van der Waals surface area contributed by atoms with Gasteiger partial charge in [0, 0.05) is 38.0 Å². The van der Waals surface area contributed by atoms with Gasteiger partial charge in [-0.1, -0.05) is 0 Å². The quantitative estimate of drug-likeness (QED) is 0.925. The fourth-order valence-electron chi connectivity index (χ4n) is 2.89. The normalized spacial score (nSPS) is 18.2. The summed E-state index contributed by atoms with van der Waals surface area (Å²) in [5.74, 6) is 0.265. The monoisotopic (exact) mass is 315 g/mol. The molecule has 1 aliphatic heterocycles. The van der Waals surface area contributed by atoms with E-state index < -0.39 is 0 Å². The molecular weight excluding hydrogens is 294 g/mol. The molecule has 1 aliphatic rings. The van der Waals surface area contributed by atoms with Crippen LogP contribution in [0, 0.1) is 6.92 Å². The summed E-state index contributed by atoms with van der Waals surface area (Å²) in [4.78, 5) is 22.8. The molecule has 2 aromatic rings. The van der Waals surface area contributed by atoms with Gasteiger partial charge in [0.05, 0.1) is 11.9 Å². The number of aromatic nitrogens is 4. The van der Waals surface area contributed by atoms with Crippen molar-refractivity contribution in [2.75, 3.05) is 26.8 Å². The fraction of sp³-hybridized carbons (Fsp3) is 0.500. The van der Waals surface area contributed by atoms with Gasteiger partial charge in [-0.3, -0.25) is 19.9 Å². The van der Waals surface area contributed by atoms with Crippen LogP contribution in [0.5, 0.6) is 0 Å². The number of hydrogen-bond donors (Lipinski definition) is 1. The lowest BCUT2D eigenvalue weighted by Gasteiger charge is -2.32. The van der Waals surface area contributed by atoms with E-state index in [4.69, 9.17) is 4.74 Å². The number of nitrogens with one attached hydrogen (secondary N) is 1. The highest BCUT2D eigenvalue weighted by Crippen LogP contribution is 2.26. The topological polar surface area (TPSA) is 84.0 Å². The fourth-order valence-corrected chi connectivity index (χ4v) is 2.89. The summed E-state index contributed by atoms with van der Waals surface area (Å²) in [5, 5.41) is 7.09. The zero-order valence-corrected chi connectivity index (χ0v) is 13.5. The van der Waals surface area contributed by atoms with Gasteiger partial charge in [-0.25, -0.2) is 0 Å². The van der Waals surface area contributed by atoms with Crippen LogP contribution in [0.25, 0.3) is 11.4 Å². The molecule has 3 rings (SSSR count). The van der Waals surface area contributed by atoms with Gasteiger partial charge in [0.1, 0.15) is 18.0 Å². The molecule has 0 aliphatic carbocycles. The first-order valence-electron chi connectivity index (χ1n) is 7.78. The highest BCUT2D eigenvalue weighted by Gasteiger charge is 2.25. The second-order valence-electron chi connectivity index (χ2n) is 5.87. The first-order valence-corrected chi connectivity index (χ1v) is 7.78. The molecule has 7 nitrogen and oxygen atoms in total. The molecule has 2 aromatic heterocycles. The number of nitrogens with zero attached hydrogens (tertiary/aromatic N) is 4. The molecule has 0 spiro atoms. The lowest BCUT2D eigenvalue weighted by atomic mass is 9.95. The minimum absolute atomic E-state index is 0.0359. The van der Waals surface area contributed by atoms with E-state index in [9.17, 15) is 4.79 Å². The van der Waals surface area contributed by atoms with Gasteiger partial charge in [0.2, 0.25) is 5.91 Å². The smallest absolute Gasteiger partial charge is 0.248 e. The molecule has 0 saturated carbocycles. The molecule has 1 atom stereocenters. The van der Waals surface area contributed by atoms with Crippen LogP contribution in [0.1, 0.15) is 30.1 Å². The first-order chi connectivity index (χ1) is 11.2. The summed E-state index contributed by atoms with van der Waals surface area (Å²) in [6, 6.07) is 1.94. The predicted molar refractivity (Wildman–Crippen MR) is 84.8 cm³/mol. The van der Waals surface area contributed by atoms with Crippen molar-refractivity contribution in [1.29, 1.82) is 0 Å². The number of aromatic amines is 1. The van der Waals surface area contributed by atoms with E-state index in [0.29, 0.717) is 6.54 Å². The Hall–Kier alpha value is -2.28. The minimum atomic E-state index is 0.0359. The molecule has 7 heteroatoms. The molecule has 0 aromatic carbocycles. The molecular formula is C16H21N5O2. The number of rotatable bonds is 4. The maximum atomic E-state index is 12.0. The molecule has 23 heavy (non-hydrogen) atoms. The third-order valence-corrected chi connectivity index (χ3v) is 4.10. The van der Waals surface area contributed by atoms with E-state index >= 15 is 0 Å². The standard InChI is InChI=1S/C16H21N5O2/c1-11-6-13(20-19-11)15-8-17-14(7-18-15)12-4-3-5-21(9-12)16(22)10-23-2/h6-8,12H,3-5,9-10H2,1-2H3,(H,19,20). The molecule has 1 saturated heterocycles. The lowest BCUT2D eigenvalue weighted by molar-refractivity contribution is -0.136. The molecule has 1 N–H and O–H groups in total. The highest BCUT2D eigenvalue weighted by molar-refractivity contribution is 5.77. The number of ether oxygens (including phenoxy) is 1. The van der Waals surface area contributed by atoms with Crippen molar-refractivity contribution >= 4 is 5.91 Å². The van der Waals surface area contributed by atoms with E-state index in [0.717, 1.165) is 42.2 Å². The van der Waals surface area contributed by atoms with Crippen LogP contribution in [0.15, 0.2) is 18.5 Å². The number of piperidine rings is 1. The third kappa shape index (κ3) is 3.56. The molecule has 1 amide bonds. The van der Waals surface area contributed by atoms with Crippen molar-refractivity contribution < 1.29 is 9.53 Å². The zero-order valence-electron chi connectivity index (χ0n) is 13.5. The minimum Gasteiger partial charge on any atom is -0.375 e. The van der Waals surface area contributed by atoms with Gasteiger partial charge >= 0.3 is 0 Å². The number of carbonyl (C=O) groups excluding carboxylic acids is 1. The number of H-pyrrole nitrogens is 1. The Bertz CT molecular complexity index is 667. The van der Waals surface area contributed by atoms with Crippen molar-refractivity contribution in [3.8, 4) is 11.4 Å². The SMILES string of the molecule is COCC(=O)N1CCCC(c2cnc(-c3cc(C)[nH]n3)cn2)C1. The summed E-state index contributed by atoms with van der Waals surface area (Å²) in [6.07, 6.45) is 5.55. The second kappa shape index (κ2) is 6.87. The Labute approximate surface area is 135 Å².